The molecular weight excluding hydrogens is 294 g/mol. The van der Waals surface area contributed by atoms with E-state index >= 15 is 0 Å². The molecule has 2 aromatic rings. The van der Waals surface area contributed by atoms with Crippen LogP contribution in [-0.2, 0) is 29.7 Å². The Morgan fingerprint density at radius 3 is 2.71 bits per heavy atom. The standard InChI is InChI=1S/C12H13N5O3S/c1-17-10-7(9(16-17)11(13)18)4-3-6-5-14-12(15-8(6)10)21(2,19)20/h5H,3-4H2,1-2H3,(H2,13,18). The molecule has 1 amide bonds. The summed E-state index contributed by atoms with van der Waals surface area (Å²) in [6.07, 6.45) is 3.77. The highest BCUT2D eigenvalue weighted by atomic mass is 32.2. The zero-order valence-corrected chi connectivity index (χ0v) is 12.3. The van der Waals surface area contributed by atoms with Crippen LogP contribution in [0.25, 0.3) is 11.4 Å². The molecule has 0 unspecified atom stereocenters. The van der Waals surface area contributed by atoms with Crippen molar-refractivity contribution in [3.05, 3.63) is 23.0 Å². The van der Waals surface area contributed by atoms with Crippen molar-refractivity contribution in [1.29, 1.82) is 0 Å². The largest absolute Gasteiger partial charge is 0.364 e. The molecule has 21 heavy (non-hydrogen) atoms. The van der Waals surface area contributed by atoms with Crippen molar-refractivity contribution < 1.29 is 13.2 Å². The van der Waals surface area contributed by atoms with Crippen molar-refractivity contribution in [2.75, 3.05) is 6.26 Å². The number of primary amides is 1. The summed E-state index contributed by atoms with van der Waals surface area (Å²) in [7, 11) is -1.84. The van der Waals surface area contributed by atoms with Crippen molar-refractivity contribution >= 4 is 15.7 Å². The van der Waals surface area contributed by atoms with E-state index in [-0.39, 0.29) is 10.9 Å². The van der Waals surface area contributed by atoms with Crippen LogP contribution in [0.1, 0.15) is 21.6 Å². The van der Waals surface area contributed by atoms with Crippen molar-refractivity contribution in [3.63, 3.8) is 0 Å². The molecule has 0 atom stereocenters. The molecule has 2 N–H and O–H groups in total. The maximum absolute atomic E-state index is 11.6. The molecule has 0 saturated heterocycles. The van der Waals surface area contributed by atoms with Gasteiger partial charge in [-0.05, 0) is 18.4 Å². The van der Waals surface area contributed by atoms with Crippen LogP contribution in [0.5, 0.6) is 0 Å². The van der Waals surface area contributed by atoms with Gasteiger partial charge in [0.25, 0.3) is 5.91 Å². The Labute approximate surface area is 120 Å². The van der Waals surface area contributed by atoms with Gasteiger partial charge in [-0.3, -0.25) is 9.48 Å². The second-order valence-electron chi connectivity index (χ2n) is 4.96. The van der Waals surface area contributed by atoms with Gasteiger partial charge in [0.1, 0.15) is 0 Å². The van der Waals surface area contributed by atoms with Gasteiger partial charge >= 0.3 is 0 Å². The monoisotopic (exact) mass is 307 g/mol. The summed E-state index contributed by atoms with van der Waals surface area (Å²) in [6, 6.07) is 0. The number of hydrogen-bond acceptors (Lipinski definition) is 6. The smallest absolute Gasteiger partial charge is 0.269 e. The lowest BCUT2D eigenvalue weighted by Gasteiger charge is -2.16. The van der Waals surface area contributed by atoms with Crippen LogP contribution in [0.15, 0.2) is 11.4 Å². The maximum Gasteiger partial charge on any atom is 0.269 e. The van der Waals surface area contributed by atoms with E-state index in [2.05, 4.69) is 15.1 Å². The number of sulfone groups is 1. The minimum absolute atomic E-state index is 0.206. The molecule has 0 aliphatic heterocycles. The zero-order valence-electron chi connectivity index (χ0n) is 11.5. The summed E-state index contributed by atoms with van der Waals surface area (Å²) in [5.74, 6) is -0.604. The van der Waals surface area contributed by atoms with E-state index < -0.39 is 15.7 Å². The van der Waals surface area contributed by atoms with Crippen molar-refractivity contribution in [1.82, 2.24) is 19.7 Å². The Morgan fingerprint density at radius 1 is 1.38 bits per heavy atom. The van der Waals surface area contributed by atoms with Crippen LogP contribution >= 0.6 is 0 Å². The predicted molar refractivity (Wildman–Crippen MR) is 73.3 cm³/mol. The van der Waals surface area contributed by atoms with E-state index in [1.807, 2.05) is 0 Å². The van der Waals surface area contributed by atoms with Gasteiger partial charge in [0.2, 0.25) is 15.0 Å². The number of nitrogens with zero attached hydrogens (tertiary/aromatic N) is 4. The fourth-order valence-corrected chi connectivity index (χ4v) is 3.02. The molecule has 0 spiro atoms. The van der Waals surface area contributed by atoms with Gasteiger partial charge in [0, 0.05) is 25.1 Å². The highest BCUT2D eigenvalue weighted by Gasteiger charge is 2.28. The lowest BCUT2D eigenvalue weighted by molar-refractivity contribution is 0.0994. The number of rotatable bonds is 2. The fraction of sp³-hybridized carbons (Fsp3) is 0.333. The maximum atomic E-state index is 11.6. The molecular formula is C12H13N5O3S. The second kappa shape index (κ2) is 4.35. The predicted octanol–water partition coefficient (Wildman–Crippen LogP) is -0.522. The lowest BCUT2D eigenvalue weighted by atomic mass is 9.93. The first-order valence-electron chi connectivity index (χ1n) is 6.21. The number of amides is 1. The third-order valence-corrected chi connectivity index (χ3v) is 4.28. The quantitative estimate of drug-likeness (QED) is 0.745. The Balaban J connectivity index is 2.29. The minimum Gasteiger partial charge on any atom is -0.364 e. The molecule has 9 heteroatoms. The SMILES string of the molecule is Cn1nc(C(N)=O)c2c1-c1nc(S(C)(=O)=O)ncc1CC2. The summed E-state index contributed by atoms with van der Waals surface area (Å²) >= 11 is 0. The topological polar surface area (TPSA) is 121 Å². The van der Waals surface area contributed by atoms with Crippen LogP contribution in [0.3, 0.4) is 0 Å². The van der Waals surface area contributed by atoms with Crippen molar-refractivity contribution in [3.8, 4) is 11.4 Å². The van der Waals surface area contributed by atoms with Crippen LogP contribution in [0.2, 0.25) is 0 Å². The average molecular weight is 307 g/mol. The van der Waals surface area contributed by atoms with Gasteiger partial charge in [0.15, 0.2) is 5.69 Å². The zero-order chi connectivity index (χ0) is 15.4. The highest BCUT2D eigenvalue weighted by Crippen LogP contribution is 2.33. The van der Waals surface area contributed by atoms with E-state index in [0.29, 0.717) is 29.8 Å². The van der Waals surface area contributed by atoms with Crippen LogP contribution in [0.4, 0.5) is 0 Å². The minimum atomic E-state index is -3.50. The lowest BCUT2D eigenvalue weighted by Crippen LogP contribution is -2.16. The molecule has 2 aromatic heterocycles. The summed E-state index contributed by atoms with van der Waals surface area (Å²) in [6.45, 7) is 0. The third-order valence-electron chi connectivity index (χ3n) is 3.42. The summed E-state index contributed by atoms with van der Waals surface area (Å²) in [5, 5.41) is 3.87. The number of fused-ring (bicyclic) bond motifs is 3. The Bertz CT molecular complexity index is 869. The van der Waals surface area contributed by atoms with Gasteiger partial charge in [-0.15, -0.1) is 0 Å². The molecule has 0 bridgehead atoms. The van der Waals surface area contributed by atoms with Gasteiger partial charge in [-0.2, -0.15) is 5.10 Å². The van der Waals surface area contributed by atoms with Crippen molar-refractivity contribution in [2.24, 2.45) is 12.8 Å². The number of aromatic nitrogens is 4. The number of carbonyl (C=O) groups excluding carboxylic acids is 1. The summed E-state index contributed by atoms with van der Waals surface area (Å²) in [4.78, 5) is 19.5. The molecule has 2 heterocycles. The van der Waals surface area contributed by atoms with Crippen LogP contribution in [-0.4, -0.2) is 40.3 Å². The van der Waals surface area contributed by atoms with Crippen molar-refractivity contribution in [2.45, 2.75) is 18.0 Å². The van der Waals surface area contributed by atoms with Gasteiger partial charge < -0.3 is 5.73 Å². The van der Waals surface area contributed by atoms with E-state index in [9.17, 15) is 13.2 Å². The van der Waals surface area contributed by atoms with Gasteiger partial charge in [-0.1, -0.05) is 0 Å². The van der Waals surface area contributed by atoms with E-state index in [4.69, 9.17) is 5.73 Å². The molecule has 0 saturated carbocycles. The second-order valence-corrected chi connectivity index (χ2v) is 6.87. The summed E-state index contributed by atoms with van der Waals surface area (Å²) < 4.78 is 24.7. The molecule has 8 nitrogen and oxygen atoms in total. The Morgan fingerprint density at radius 2 is 2.10 bits per heavy atom. The summed E-state index contributed by atoms with van der Waals surface area (Å²) in [5.41, 5.74) is 8.18. The fourth-order valence-electron chi connectivity index (χ4n) is 2.52. The van der Waals surface area contributed by atoms with E-state index in [0.717, 1.165) is 11.8 Å². The Kier molecular flexibility index (Phi) is 2.84. The van der Waals surface area contributed by atoms with Crippen LogP contribution in [0, 0.1) is 0 Å². The first-order valence-corrected chi connectivity index (χ1v) is 8.10. The van der Waals surface area contributed by atoms with E-state index in [1.54, 1.807) is 7.05 Å². The third kappa shape index (κ3) is 2.09. The molecule has 0 aromatic carbocycles. The molecule has 0 fully saturated rings. The first-order chi connectivity index (χ1) is 9.79. The number of carbonyl (C=O) groups is 1. The molecule has 110 valence electrons. The molecule has 3 rings (SSSR count). The highest BCUT2D eigenvalue weighted by molar-refractivity contribution is 7.90. The molecule has 0 radical (unpaired) electrons. The van der Waals surface area contributed by atoms with Gasteiger partial charge in [-0.25, -0.2) is 18.4 Å². The molecule has 1 aliphatic rings. The van der Waals surface area contributed by atoms with Crippen LogP contribution < -0.4 is 5.73 Å². The number of aryl methyl sites for hydroxylation is 2. The normalized spacial score (nSPS) is 13.6. The molecule has 1 aliphatic carbocycles. The Hall–Kier alpha value is -2.29. The van der Waals surface area contributed by atoms with Gasteiger partial charge in [0.05, 0.1) is 11.4 Å². The average Bonchev–Trinajstić information content (AvgIpc) is 2.75. The number of hydrogen-bond donors (Lipinski definition) is 1. The first kappa shape index (κ1) is 13.7. The number of nitrogens with two attached hydrogens (primary N) is 1. The van der Waals surface area contributed by atoms with E-state index in [1.165, 1.54) is 10.9 Å².